The summed E-state index contributed by atoms with van der Waals surface area (Å²) in [5.41, 5.74) is 0. The Balaban J connectivity index is 0. The van der Waals surface area contributed by atoms with Crippen LogP contribution in [0, 0.1) is 6.92 Å². The number of rotatable bonds is 13. The molecule has 0 heterocycles. The van der Waals surface area contributed by atoms with Gasteiger partial charge in [-0.05, 0) is 24.7 Å². The molecule has 0 fully saturated rings. The predicted octanol–water partition coefficient (Wildman–Crippen LogP) is 0.825. The van der Waals surface area contributed by atoms with E-state index in [9.17, 15) is 18.0 Å². The molecule has 0 saturated carbocycles. The number of para-hydroxylation sites is 1. The number of hydrogen-bond donors (Lipinski definition) is 3. The van der Waals surface area contributed by atoms with Crippen LogP contribution in [-0.2, 0) is 19.7 Å². The first-order chi connectivity index (χ1) is 13.6. The predicted molar refractivity (Wildman–Crippen MR) is 109 cm³/mol. The maximum Gasteiger partial charge on any atom is 1.00 e. The van der Waals surface area contributed by atoms with Crippen molar-refractivity contribution in [3.63, 3.8) is 0 Å². The van der Waals surface area contributed by atoms with Gasteiger partial charge in [-0.2, -0.15) is 8.42 Å². The second-order valence-corrected chi connectivity index (χ2v) is 8.15. The molecule has 0 saturated heterocycles. The number of aliphatic carboxylic acids is 2. The summed E-state index contributed by atoms with van der Waals surface area (Å²) in [7, 11) is -4.84. The zero-order valence-corrected chi connectivity index (χ0v) is 21.6. The second kappa shape index (κ2) is 18.1. The van der Waals surface area contributed by atoms with Crippen molar-refractivity contribution < 1.29 is 88.9 Å². The molecule has 0 spiro atoms. The van der Waals surface area contributed by atoms with E-state index in [0.29, 0.717) is 0 Å². The fourth-order valence-corrected chi connectivity index (χ4v) is 2.99. The van der Waals surface area contributed by atoms with E-state index in [2.05, 4.69) is 13.8 Å². The van der Waals surface area contributed by atoms with Crippen LogP contribution < -0.4 is 56.1 Å². The third-order valence-electron chi connectivity index (χ3n) is 3.92. The van der Waals surface area contributed by atoms with Gasteiger partial charge in [-0.3, -0.25) is 14.1 Å². The van der Waals surface area contributed by atoms with Crippen molar-refractivity contribution in [1.29, 1.82) is 0 Å². The van der Waals surface area contributed by atoms with Crippen LogP contribution in [0.3, 0.4) is 0 Å². The number of hydrogen-bond acceptors (Lipinski definition) is 5. The molecular formula is C20H31KO8S. The molecule has 0 bridgehead atoms. The number of benzene rings is 1. The zero-order chi connectivity index (χ0) is 22.3. The number of carboxylic acid groups (broad SMARTS) is 2. The minimum atomic E-state index is -4.84. The van der Waals surface area contributed by atoms with E-state index < -0.39 is 33.7 Å². The van der Waals surface area contributed by atoms with Gasteiger partial charge in [-0.1, -0.05) is 63.6 Å². The summed E-state index contributed by atoms with van der Waals surface area (Å²) in [6, 6.07) is 9.96. The van der Waals surface area contributed by atoms with Crippen molar-refractivity contribution in [2.45, 2.75) is 69.6 Å². The van der Waals surface area contributed by atoms with Crippen LogP contribution in [0.2, 0.25) is 0 Å². The molecule has 0 aliphatic heterocycles. The van der Waals surface area contributed by atoms with E-state index in [-0.39, 0.29) is 57.5 Å². The smallest absolute Gasteiger partial charge is 0.522 e. The largest absolute Gasteiger partial charge is 1.00 e. The fourth-order valence-electron chi connectivity index (χ4n) is 2.38. The van der Waals surface area contributed by atoms with E-state index in [1.807, 2.05) is 30.3 Å². The van der Waals surface area contributed by atoms with Gasteiger partial charge in [-0.25, -0.2) is 0 Å². The van der Waals surface area contributed by atoms with Gasteiger partial charge in [0.15, 0.2) is 5.25 Å². The summed E-state index contributed by atoms with van der Waals surface area (Å²) >= 11 is 0. The monoisotopic (exact) mass is 470 g/mol. The van der Waals surface area contributed by atoms with Crippen molar-refractivity contribution in [3.05, 3.63) is 37.3 Å². The molecule has 0 radical (unpaired) electrons. The van der Waals surface area contributed by atoms with E-state index in [0.717, 1.165) is 12.2 Å². The van der Waals surface area contributed by atoms with Gasteiger partial charge in [0.25, 0.3) is 10.1 Å². The first kappa shape index (κ1) is 31.7. The summed E-state index contributed by atoms with van der Waals surface area (Å²) < 4.78 is 34.4. The van der Waals surface area contributed by atoms with Gasteiger partial charge in [-0.15, -0.1) is 0 Å². The molecule has 8 nitrogen and oxygen atoms in total. The van der Waals surface area contributed by atoms with Gasteiger partial charge < -0.3 is 21.9 Å². The quantitative estimate of drug-likeness (QED) is 0.167. The summed E-state index contributed by atoms with van der Waals surface area (Å²) in [5.74, 6) is -2.57. The summed E-state index contributed by atoms with van der Waals surface area (Å²) in [6.45, 7) is 6.29. The number of unbranched alkanes of at least 4 members (excludes halogenated alkanes) is 5. The maximum absolute atomic E-state index is 10.2. The minimum absolute atomic E-state index is 0. The Hall–Kier alpha value is -0.494. The molecule has 0 aliphatic carbocycles. The molecule has 1 aromatic rings. The third kappa shape index (κ3) is 17.2. The molecule has 1 rings (SSSR count). The molecule has 3 N–H and O–H groups in total. The Labute approximate surface area is 221 Å². The van der Waals surface area contributed by atoms with Gasteiger partial charge in [0.1, 0.15) is 5.75 Å². The summed E-state index contributed by atoms with van der Waals surface area (Å²) in [5, 5.41) is 13.9. The van der Waals surface area contributed by atoms with Crippen molar-refractivity contribution in [2.75, 3.05) is 0 Å². The Kier molecular flexibility index (Phi) is 19.1. The van der Waals surface area contributed by atoms with E-state index in [1.165, 1.54) is 38.5 Å². The number of ether oxygens (including phenoxy) is 1. The molecule has 10 heteroatoms. The van der Waals surface area contributed by atoms with Crippen LogP contribution in [0.4, 0.5) is 0 Å². The number of carbonyl (C=O) groups is 2. The molecule has 166 valence electrons. The van der Waals surface area contributed by atoms with Gasteiger partial charge in [0.2, 0.25) is 0 Å². The molecular weight excluding hydrogens is 439 g/mol. The van der Waals surface area contributed by atoms with Crippen LogP contribution in [-0.4, -0.2) is 46.5 Å². The first-order valence-electron chi connectivity index (χ1n) is 9.53. The van der Waals surface area contributed by atoms with Crippen molar-refractivity contribution in [1.82, 2.24) is 0 Å². The van der Waals surface area contributed by atoms with Crippen LogP contribution in [0.25, 0.3) is 0 Å². The van der Waals surface area contributed by atoms with Gasteiger partial charge in [0.05, 0.1) is 6.42 Å². The van der Waals surface area contributed by atoms with Crippen LogP contribution in [0.15, 0.2) is 30.3 Å². The Morgan fingerprint density at radius 2 is 1.57 bits per heavy atom. The SMILES string of the molecule is O=C(O)CC(C(=O)O)S(=O)(=O)O.[CH2-]C(CCCCCCCC)Oc1ccccc1.[K+]. The molecule has 0 aliphatic rings. The molecule has 2 unspecified atom stereocenters. The molecule has 1 aromatic carbocycles. The normalized spacial score (nSPS) is 12.5. The van der Waals surface area contributed by atoms with Crippen LogP contribution >= 0.6 is 0 Å². The fraction of sp³-hybridized carbons (Fsp3) is 0.550. The molecule has 0 aromatic heterocycles. The first-order valence-corrected chi connectivity index (χ1v) is 11.0. The average Bonchev–Trinajstić information content (AvgIpc) is 2.63. The van der Waals surface area contributed by atoms with Crippen LogP contribution in [0.5, 0.6) is 5.75 Å². The van der Waals surface area contributed by atoms with E-state index in [4.69, 9.17) is 19.5 Å². The Bertz CT molecular complexity index is 694. The second-order valence-electron chi connectivity index (χ2n) is 6.55. The summed E-state index contributed by atoms with van der Waals surface area (Å²) in [4.78, 5) is 20.0. The van der Waals surface area contributed by atoms with Gasteiger partial charge in [0, 0.05) is 0 Å². The topological polar surface area (TPSA) is 138 Å². The zero-order valence-electron chi connectivity index (χ0n) is 17.7. The summed E-state index contributed by atoms with van der Waals surface area (Å²) in [6.07, 6.45) is 7.93. The Morgan fingerprint density at radius 3 is 2.00 bits per heavy atom. The Morgan fingerprint density at radius 1 is 1.03 bits per heavy atom. The molecule has 0 amide bonds. The van der Waals surface area contributed by atoms with E-state index >= 15 is 0 Å². The van der Waals surface area contributed by atoms with Crippen molar-refractivity contribution >= 4 is 22.1 Å². The average molecular weight is 471 g/mol. The third-order valence-corrected chi connectivity index (χ3v) is 5.01. The minimum Gasteiger partial charge on any atom is -0.522 e. The van der Waals surface area contributed by atoms with Crippen molar-refractivity contribution in [2.24, 2.45) is 0 Å². The van der Waals surface area contributed by atoms with Crippen LogP contribution in [0.1, 0.15) is 58.3 Å². The van der Waals surface area contributed by atoms with Gasteiger partial charge >= 0.3 is 63.3 Å². The standard InChI is InChI=1S/C16H25O.C4H6O7S.K/c1-3-4-5-6-7-9-12-15(2)17-16-13-10-8-11-14-16;5-3(6)1-2(4(7)8)12(9,10)11;/h8,10-11,13-15H,2-7,9,12H2,1H3;2H,1H2,(H,5,6)(H,7,8)(H,9,10,11);/q-1;;+1. The van der Waals surface area contributed by atoms with E-state index in [1.54, 1.807) is 0 Å². The number of carboxylic acids is 2. The molecule has 2 atom stereocenters. The molecule has 30 heavy (non-hydrogen) atoms. The maximum atomic E-state index is 10.2. The van der Waals surface area contributed by atoms with Crippen molar-refractivity contribution in [3.8, 4) is 5.75 Å².